The smallest absolute Gasteiger partial charge is 0.326 e. The SMILES string of the molecule is CCOC(=O)[C@@H](CNC(=O)c1ccc(OCc2ccc(/C(N)=N/O)cc2)cc1)NS(=O)(=O)c1ccc(C)cc1. The van der Waals surface area contributed by atoms with Gasteiger partial charge in [-0.15, -0.1) is 0 Å². The Morgan fingerprint density at radius 1 is 0.974 bits per heavy atom. The van der Waals surface area contributed by atoms with Crippen molar-refractivity contribution in [3.63, 3.8) is 0 Å². The van der Waals surface area contributed by atoms with E-state index in [1.807, 2.05) is 6.92 Å². The maximum atomic E-state index is 12.8. The van der Waals surface area contributed by atoms with Crippen LogP contribution in [-0.2, 0) is 26.2 Å². The highest BCUT2D eigenvalue weighted by atomic mass is 32.2. The van der Waals surface area contributed by atoms with Gasteiger partial charge >= 0.3 is 5.97 Å². The van der Waals surface area contributed by atoms with Crippen molar-refractivity contribution in [2.45, 2.75) is 31.4 Å². The summed E-state index contributed by atoms with van der Waals surface area (Å²) >= 11 is 0. The van der Waals surface area contributed by atoms with Crippen LogP contribution in [0.5, 0.6) is 5.75 Å². The van der Waals surface area contributed by atoms with Gasteiger partial charge in [0.15, 0.2) is 5.84 Å². The second kappa shape index (κ2) is 13.4. The first-order chi connectivity index (χ1) is 18.6. The van der Waals surface area contributed by atoms with Crippen LogP contribution in [0.1, 0.15) is 34.0 Å². The fourth-order valence-corrected chi connectivity index (χ4v) is 4.57. The van der Waals surface area contributed by atoms with Crippen LogP contribution in [-0.4, -0.2) is 50.5 Å². The lowest BCUT2D eigenvalue weighted by Gasteiger charge is -2.18. The molecule has 3 aromatic carbocycles. The number of aryl methyl sites for hydroxylation is 1. The molecule has 0 radical (unpaired) electrons. The van der Waals surface area contributed by atoms with Crippen LogP contribution in [0.25, 0.3) is 0 Å². The fraction of sp³-hybridized carbons (Fsp3) is 0.222. The van der Waals surface area contributed by atoms with Crippen molar-refractivity contribution in [3.8, 4) is 5.75 Å². The quantitative estimate of drug-likeness (QED) is 0.0869. The van der Waals surface area contributed by atoms with Crippen molar-refractivity contribution in [1.82, 2.24) is 10.0 Å². The summed E-state index contributed by atoms with van der Waals surface area (Å²) < 4.78 is 38.6. The first-order valence-corrected chi connectivity index (χ1v) is 13.4. The third-order valence-corrected chi connectivity index (χ3v) is 7.03. The van der Waals surface area contributed by atoms with Crippen LogP contribution >= 0.6 is 0 Å². The lowest BCUT2D eigenvalue weighted by atomic mass is 10.1. The second-order valence-electron chi connectivity index (χ2n) is 8.44. The molecule has 0 aliphatic heterocycles. The van der Waals surface area contributed by atoms with E-state index in [2.05, 4.69) is 15.2 Å². The van der Waals surface area contributed by atoms with Crippen LogP contribution in [0.15, 0.2) is 82.8 Å². The number of ether oxygens (including phenoxy) is 2. The molecule has 11 nitrogen and oxygen atoms in total. The number of benzene rings is 3. The maximum absolute atomic E-state index is 12.8. The Labute approximate surface area is 226 Å². The van der Waals surface area contributed by atoms with Gasteiger partial charge < -0.3 is 25.7 Å². The van der Waals surface area contributed by atoms with Crippen LogP contribution in [0.3, 0.4) is 0 Å². The molecule has 0 aliphatic rings. The van der Waals surface area contributed by atoms with Gasteiger partial charge in [0.2, 0.25) is 10.0 Å². The highest BCUT2D eigenvalue weighted by molar-refractivity contribution is 7.89. The Bertz CT molecular complexity index is 1410. The van der Waals surface area contributed by atoms with Gasteiger partial charge in [0.25, 0.3) is 5.91 Å². The van der Waals surface area contributed by atoms with Gasteiger partial charge in [-0.25, -0.2) is 8.42 Å². The number of sulfonamides is 1. The van der Waals surface area contributed by atoms with E-state index in [-0.39, 0.29) is 36.1 Å². The standard InChI is InChI=1S/C27H30N4O7S/c1-3-37-27(33)24(31-39(35,36)23-14-4-18(2)5-15-23)16-29-26(32)21-10-12-22(13-11-21)38-17-19-6-8-20(9-7-19)25(28)30-34/h4-15,24,31,34H,3,16-17H2,1-2H3,(H2,28,30)(H,29,32)/t24-/m1/s1. The van der Waals surface area contributed by atoms with Crippen LogP contribution in [0, 0.1) is 6.92 Å². The molecule has 0 heterocycles. The number of hydrogen-bond donors (Lipinski definition) is 4. The topological polar surface area (TPSA) is 169 Å². The third kappa shape index (κ3) is 8.28. The zero-order valence-electron chi connectivity index (χ0n) is 21.5. The van der Waals surface area contributed by atoms with E-state index >= 15 is 0 Å². The Hall–Kier alpha value is -4.42. The summed E-state index contributed by atoms with van der Waals surface area (Å²) in [4.78, 5) is 25.1. The minimum absolute atomic E-state index is 0.00795. The van der Waals surface area contributed by atoms with E-state index in [0.717, 1.165) is 11.1 Å². The molecule has 206 valence electrons. The lowest BCUT2D eigenvalue weighted by Crippen LogP contribution is -2.49. The average Bonchev–Trinajstić information content (AvgIpc) is 2.94. The molecule has 1 amide bonds. The first-order valence-electron chi connectivity index (χ1n) is 12.0. The van der Waals surface area contributed by atoms with Gasteiger partial charge in [-0.3, -0.25) is 9.59 Å². The number of carbonyl (C=O) groups is 2. The number of carbonyl (C=O) groups excluding carboxylic acids is 2. The highest BCUT2D eigenvalue weighted by Crippen LogP contribution is 2.15. The summed E-state index contributed by atoms with van der Waals surface area (Å²) in [6, 6.07) is 18.1. The van der Waals surface area contributed by atoms with Crippen molar-refractivity contribution in [1.29, 1.82) is 0 Å². The molecular formula is C27H30N4O7S. The Balaban J connectivity index is 1.59. The van der Waals surface area contributed by atoms with Gasteiger partial charge in [-0.1, -0.05) is 47.1 Å². The molecule has 39 heavy (non-hydrogen) atoms. The molecule has 3 aromatic rings. The second-order valence-corrected chi connectivity index (χ2v) is 10.2. The zero-order valence-corrected chi connectivity index (χ0v) is 22.3. The summed E-state index contributed by atoms with van der Waals surface area (Å²) in [5.41, 5.74) is 8.15. The molecular weight excluding hydrogens is 524 g/mol. The first kappa shape index (κ1) is 29.1. The van der Waals surface area contributed by atoms with Gasteiger partial charge in [0.05, 0.1) is 11.5 Å². The molecule has 0 unspecified atom stereocenters. The minimum Gasteiger partial charge on any atom is -0.489 e. The molecule has 0 fully saturated rings. The van der Waals surface area contributed by atoms with Crippen molar-refractivity contribution < 1.29 is 32.7 Å². The zero-order chi connectivity index (χ0) is 28.4. The lowest BCUT2D eigenvalue weighted by molar-refractivity contribution is -0.144. The predicted molar refractivity (Wildman–Crippen MR) is 144 cm³/mol. The largest absolute Gasteiger partial charge is 0.489 e. The van der Waals surface area contributed by atoms with Crippen molar-refractivity contribution >= 4 is 27.7 Å². The molecule has 3 rings (SSSR count). The normalized spacial score (nSPS) is 12.4. The molecule has 5 N–H and O–H groups in total. The third-order valence-electron chi connectivity index (χ3n) is 5.55. The van der Waals surface area contributed by atoms with Gasteiger partial charge in [0, 0.05) is 17.7 Å². The van der Waals surface area contributed by atoms with E-state index < -0.39 is 27.9 Å². The number of oxime groups is 1. The molecule has 0 spiro atoms. The summed E-state index contributed by atoms with van der Waals surface area (Å²) in [6.45, 7) is 3.41. The molecule has 0 aliphatic carbocycles. The van der Waals surface area contributed by atoms with E-state index in [1.54, 1.807) is 67.6 Å². The summed E-state index contributed by atoms with van der Waals surface area (Å²) in [6.07, 6.45) is 0. The summed E-state index contributed by atoms with van der Waals surface area (Å²) in [5, 5.41) is 14.3. The number of esters is 1. The van der Waals surface area contributed by atoms with E-state index in [0.29, 0.717) is 11.3 Å². The van der Waals surface area contributed by atoms with Crippen LogP contribution in [0.4, 0.5) is 0 Å². The highest BCUT2D eigenvalue weighted by Gasteiger charge is 2.27. The van der Waals surface area contributed by atoms with Crippen molar-refractivity contribution in [3.05, 3.63) is 95.1 Å². The number of amidine groups is 1. The molecule has 0 bridgehead atoms. The molecule has 0 saturated heterocycles. The van der Waals surface area contributed by atoms with E-state index in [9.17, 15) is 18.0 Å². The molecule has 1 atom stereocenters. The van der Waals surface area contributed by atoms with E-state index in [1.165, 1.54) is 12.1 Å². The average molecular weight is 555 g/mol. The van der Waals surface area contributed by atoms with Gasteiger partial charge in [-0.2, -0.15) is 4.72 Å². The molecule has 0 saturated carbocycles. The van der Waals surface area contributed by atoms with Crippen LogP contribution in [0.2, 0.25) is 0 Å². The number of nitrogens with two attached hydrogens (primary N) is 1. The Morgan fingerprint density at radius 3 is 2.18 bits per heavy atom. The summed E-state index contributed by atoms with van der Waals surface area (Å²) in [7, 11) is -4.04. The molecule has 12 heteroatoms. The van der Waals surface area contributed by atoms with Gasteiger partial charge in [-0.05, 0) is 55.8 Å². The number of hydrogen-bond acceptors (Lipinski definition) is 8. The van der Waals surface area contributed by atoms with Crippen molar-refractivity contribution in [2.24, 2.45) is 10.9 Å². The Morgan fingerprint density at radius 2 is 1.59 bits per heavy atom. The number of nitrogens with one attached hydrogen (secondary N) is 2. The number of nitrogens with zero attached hydrogens (tertiary/aromatic N) is 1. The predicted octanol–water partition coefficient (Wildman–Crippen LogP) is 2.31. The van der Waals surface area contributed by atoms with Crippen molar-refractivity contribution in [2.75, 3.05) is 13.2 Å². The minimum atomic E-state index is -4.04. The van der Waals surface area contributed by atoms with E-state index in [4.69, 9.17) is 20.4 Å². The number of rotatable bonds is 12. The fourth-order valence-electron chi connectivity index (χ4n) is 3.38. The number of amides is 1. The molecule has 0 aromatic heterocycles. The summed E-state index contributed by atoms with van der Waals surface area (Å²) in [5.74, 6) is -0.795. The Kier molecular flexibility index (Phi) is 10.0. The maximum Gasteiger partial charge on any atom is 0.326 e. The monoisotopic (exact) mass is 554 g/mol. The van der Waals surface area contributed by atoms with Gasteiger partial charge in [0.1, 0.15) is 18.4 Å². The van der Waals surface area contributed by atoms with Crippen LogP contribution < -0.4 is 20.5 Å².